The highest BCUT2D eigenvalue weighted by molar-refractivity contribution is 8.18. The van der Waals surface area contributed by atoms with E-state index in [1.807, 2.05) is 31.2 Å². The van der Waals surface area contributed by atoms with Crippen molar-refractivity contribution in [1.29, 1.82) is 0 Å². The Morgan fingerprint density at radius 2 is 2.00 bits per heavy atom. The molecule has 1 aliphatic heterocycles. The molecule has 0 atom stereocenters. The number of nitro benzene ring substituents is 1. The molecule has 0 radical (unpaired) electrons. The Hall–Kier alpha value is -4.11. The van der Waals surface area contributed by atoms with E-state index < -0.39 is 4.92 Å². The summed E-state index contributed by atoms with van der Waals surface area (Å²) in [5, 5.41) is 11.6. The van der Waals surface area contributed by atoms with Gasteiger partial charge in [0.25, 0.3) is 11.6 Å². The van der Waals surface area contributed by atoms with Gasteiger partial charge in [0, 0.05) is 30.3 Å². The average Bonchev–Trinajstić information content (AvgIpc) is 3.41. The van der Waals surface area contributed by atoms with Crippen LogP contribution in [0.3, 0.4) is 0 Å². The number of carbonyl (C=O) groups is 1. The lowest BCUT2D eigenvalue weighted by atomic mass is 10.1. The fourth-order valence-corrected chi connectivity index (χ4v) is 4.25. The van der Waals surface area contributed by atoms with E-state index in [1.54, 1.807) is 41.3 Å². The van der Waals surface area contributed by atoms with Gasteiger partial charge in [0.05, 0.1) is 22.1 Å². The number of amides is 1. The van der Waals surface area contributed by atoms with E-state index in [4.69, 9.17) is 9.15 Å². The van der Waals surface area contributed by atoms with Crippen LogP contribution in [0.4, 0.5) is 11.4 Å². The number of amidine groups is 1. The summed E-state index contributed by atoms with van der Waals surface area (Å²) >= 11 is 1.24. The number of ether oxygens (including phenoxy) is 1. The Morgan fingerprint density at radius 1 is 1.21 bits per heavy atom. The SMILES string of the molecule is C=CCN1C(=O)/C(=C/c2ccc(-c3cccc([N+](=O)[O-])c3)o2)SC1=Nc1ccc(OCC)cc1. The molecular weight excluding hydrogens is 454 g/mol. The molecular formula is C25H21N3O5S. The molecule has 34 heavy (non-hydrogen) atoms. The van der Waals surface area contributed by atoms with Gasteiger partial charge in [0.2, 0.25) is 0 Å². The highest BCUT2D eigenvalue weighted by atomic mass is 32.2. The highest BCUT2D eigenvalue weighted by Gasteiger charge is 2.33. The lowest BCUT2D eigenvalue weighted by Crippen LogP contribution is -2.29. The monoisotopic (exact) mass is 475 g/mol. The van der Waals surface area contributed by atoms with Crippen molar-refractivity contribution in [2.45, 2.75) is 6.92 Å². The normalized spacial score (nSPS) is 15.8. The van der Waals surface area contributed by atoms with Crippen molar-refractivity contribution < 1.29 is 18.9 Å². The minimum Gasteiger partial charge on any atom is -0.494 e. The number of rotatable bonds is 8. The van der Waals surface area contributed by atoms with Crippen molar-refractivity contribution >= 4 is 40.3 Å². The summed E-state index contributed by atoms with van der Waals surface area (Å²) in [6, 6.07) is 16.9. The molecule has 1 amide bonds. The zero-order valence-electron chi connectivity index (χ0n) is 18.3. The van der Waals surface area contributed by atoms with Crippen LogP contribution in [0.5, 0.6) is 5.75 Å². The van der Waals surface area contributed by atoms with Gasteiger partial charge >= 0.3 is 0 Å². The van der Waals surface area contributed by atoms with Crippen molar-refractivity contribution in [3.8, 4) is 17.1 Å². The van der Waals surface area contributed by atoms with Crippen LogP contribution in [-0.4, -0.2) is 34.0 Å². The smallest absolute Gasteiger partial charge is 0.270 e. The minimum absolute atomic E-state index is 0.0226. The topological polar surface area (TPSA) is 98.2 Å². The van der Waals surface area contributed by atoms with Crippen LogP contribution in [0, 0.1) is 10.1 Å². The fourth-order valence-electron chi connectivity index (χ4n) is 3.26. The van der Waals surface area contributed by atoms with E-state index in [-0.39, 0.29) is 11.6 Å². The quantitative estimate of drug-likeness (QED) is 0.170. The summed E-state index contributed by atoms with van der Waals surface area (Å²) in [7, 11) is 0. The summed E-state index contributed by atoms with van der Waals surface area (Å²) in [5.74, 6) is 1.47. The van der Waals surface area contributed by atoms with Crippen molar-refractivity contribution in [3.63, 3.8) is 0 Å². The number of hydrogen-bond donors (Lipinski definition) is 0. The number of hydrogen-bond acceptors (Lipinski definition) is 7. The molecule has 0 unspecified atom stereocenters. The molecule has 1 aromatic heterocycles. The first-order chi connectivity index (χ1) is 16.5. The summed E-state index contributed by atoms with van der Waals surface area (Å²) in [6.45, 7) is 6.55. The first kappa shape index (κ1) is 23.1. The molecule has 0 bridgehead atoms. The predicted octanol–water partition coefficient (Wildman–Crippen LogP) is 6.04. The van der Waals surface area contributed by atoms with Gasteiger partial charge in [-0.15, -0.1) is 6.58 Å². The van der Waals surface area contributed by atoms with Crippen molar-refractivity contribution in [1.82, 2.24) is 4.90 Å². The standard InChI is InChI=1S/C25H21N3O5S/c1-3-14-27-24(29)23(34-25(27)26-18-8-10-20(11-9-18)32-4-2)16-21-12-13-22(33-21)17-6-5-7-19(15-17)28(30)31/h3,5-13,15-16H,1,4,14H2,2H3/b23-16-,26-25?. The Bertz CT molecular complexity index is 1290. The van der Waals surface area contributed by atoms with Gasteiger partial charge in [0.15, 0.2) is 5.17 Å². The molecule has 1 aliphatic rings. The molecule has 9 heteroatoms. The predicted molar refractivity (Wildman–Crippen MR) is 133 cm³/mol. The van der Waals surface area contributed by atoms with Gasteiger partial charge in [-0.3, -0.25) is 19.8 Å². The maximum atomic E-state index is 13.0. The van der Waals surface area contributed by atoms with E-state index in [2.05, 4.69) is 11.6 Å². The molecule has 0 spiro atoms. The summed E-state index contributed by atoms with van der Waals surface area (Å²) in [6.07, 6.45) is 3.28. The van der Waals surface area contributed by atoms with Gasteiger partial charge in [-0.05, 0) is 55.1 Å². The molecule has 3 aromatic rings. The summed E-state index contributed by atoms with van der Waals surface area (Å²) < 4.78 is 11.3. The second-order valence-corrected chi connectivity index (χ2v) is 8.15. The largest absolute Gasteiger partial charge is 0.494 e. The highest BCUT2D eigenvalue weighted by Crippen LogP contribution is 2.35. The third-order valence-electron chi connectivity index (χ3n) is 4.81. The molecule has 4 rings (SSSR count). The number of carbonyl (C=O) groups excluding carboxylic acids is 1. The molecule has 172 valence electrons. The molecule has 8 nitrogen and oxygen atoms in total. The number of thioether (sulfide) groups is 1. The number of aliphatic imine (C=N–C) groups is 1. The second-order valence-electron chi connectivity index (χ2n) is 7.15. The molecule has 0 N–H and O–H groups in total. The maximum Gasteiger partial charge on any atom is 0.270 e. The third kappa shape index (κ3) is 5.10. The van der Waals surface area contributed by atoms with Crippen LogP contribution >= 0.6 is 11.8 Å². The van der Waals surface area contributed by atoms with Crippen LogP contribution in [0.2, 0.25) is 0 Å². The van der Waals surface area contributed by atoms with Crippen LogP contribution in [-0.2, 0) is 4.79 Å². The van der Waals surface area contributed by atoms with E-state index in [1.165, 1.54) is 23.9 Å². The zero-order chi connectivity index (χ0) is 24.1. The van der Waals surface area contributed by atoms with Gasteiger partial charge in [-0.2, -0.15) is 0 Å². The van der Waals surface area contributed by atoms with E-state index >= 15 is 0 Å². The Kier molecular flexibility index (Phi) is 6.93. The average molecular weight is 476 g/mol. The summed E-state index contributed by atoms with van der Waals surface area (Å²) in [5.41, 5.74) is 1.25. The molecule has 2 aromatic carbocycles. The zero-order valence-corrected chi connectivity index (χ0v) is 19.2. The molecule has 2 heterocycles. The van der Waals surface area contributed by atoms with Crippen molar-refractivity contribution in [2.24, 2.45) is 4.99 Å². The maximum absolute atomic E-state index is 13.0. The molecule has 0 saturated carbocycles. The number of nitrogens with zero attached hydrogens (tertiary/aromatic N) is 3. The van der Waals surface area contributed by atoms with Gasteiger partial charge in [0.1, 0.15) is 17.3 Å². The van der Waals surface area contributed by atoms with E-state index in [9.17, 15) is 14.9 Å². The van der Waals surface area contributed by atoms with Gasteiger partial charge < -0.3 is 9.15 Å². The Balaban J connectivity index is 1.59. The Morgan fingerprint density at radius 3 is 2.71 bits per heavy atom. The van der Waals surface area contributed by atoms with Crippen molar-refractivity contribution in [3.05, 3.63) is 94.1 Å². The van der Waals surface area contributed by atoms with Crippen LogP contribution in [0.15, 0.2) is 87.6 Å². The molecule has 1 saturated heterocycles. The van der Waals surface area contributed by atoms with Crippen LogP contribution in [0.1, 0.15) is 12.7 Å². The number of non-ortho nitro benzene ring substituents is 1. The number of benzene rings is 2. The van der Waals surface area contributed by atoms with E-state index in [0.29, 0.717) is 46.0 Å². The van der Waals surface area contributed by atoms with E-state index in [0.717, 1.165) is 5.75 Å². The third-order valence-corrected chi connectivity index (χ3v) is 5.82. The minimum atomic E-state index is -0.456. The van der Waals surface area contributed by atoms with Crippen LogP contribution in [0.25, 0.3) is 17.4 Å². The first-order valence-electron chi connectivity index (χ1n) is 10.5. The number of nitro groups is 1. The Labute approximate surface area is 200 Å². The van der Waals surface area contributed by atoms with Gasteiger partial charge in [-0.1, -0.05) is 18.2 Å². The second kappa shape index (κ2) is 10.2. The molecule has 0 aliphatic carbocycles. The molecule has 1 fully saturated rings. The van der Waals surface area contributed by atoms with Gasteiger partial charge in [-0.25, -0.2) is 4.99 Å². The summed E-state index contributed by atoms with van der Waals surface area (Å²) in [4.78, 5) is 30.2. The number of furan rings is 1. The fraction of sp³-hybridized carbons (Fsp3) is 0.120. The first-order valence-corrected chi connectivity index (χ1v) is 11.3. The van der Waals surface area contributed by atoms with Crippen LogP contribution < -0.4 is 4.74 Å². The lowest BCUT2D eigenvalue weighted by Gasteiger charge is -2.12. The van der Waals surface area contributed by atoms with Crippen molar-refractivity contribution in [2.75, 3.05) is 13.2 Å². The lowest BCUT2D eigenvalue weighted by molar-refractivity contribution is -0.384.